The predicted octanol–water partition coefficient (Wildman–Crippen LogP) is 2.64. The van der Waals surface area contributed by atoms with Crippen molar-refractivity contribution < 1.29 is 9.15 Å². The second kappa shape index (κ2) is 8.85. The molecule has 0 saturated carbocycles. The fourth-order valence-electron chi connectivity index (χ4n) is 3.14. The van der Waals surface area contributed by atoms with Crippen molar-refractivity contribution in [2.75, 3.05) is 39.3 Å². The van der Waals surface area contributed by atoms with Crippen molar-refractivity contribution in [1.29, 1.82) is 0 Å². The number of para-hydroxylation sites is 1. The third kappa shape index (κ3) is 4.82. The second-order valence-electron chi connectivity index (χ2n) is 6.28. The van der Waals surface area contributed by atoms with E-state index in [4.69, 9.17) is 9.15 Å². The molecule has 1 N–H and O–H groups in total. The number of benzene rings is 1. The zero-order chi connectivity index (χ0) is 16.6. The Hall–Kier alpha value is -1.85. The number of rotatable bonds is 9. The van der Waals surface area contributed by atoms with Crippen molar-refractivity contribution in [3.63, 3.8) is 0 Å². The summed E-state index contributed by atoms with van der Waals surface area (Å²) in [4.78, 5) is 14.1. The molecule has 0 radical (unpaired) electrons. The fraction of sp³-hybridized carbons (Fsp3) is 0.526. The molecule has 0 amide bonds. The number of likely N-dealkylation sites (tertiary alicyclic amines) is 1. The van der Waals surface area contributed by atoms with Crippen LogP contribution in [0.1, 0.15) is 25.7 Å². The summed E-state index contributed by atoms with van der Waals surface area (Å²) in [6, 6.07) is 8.87. The summed E-state index contributed by atoms with van der Waals surface area (Å²) in [5.74, 6) is 0.607. The molecule has 0 unspecified atom stereocenters. The molecule has 5 nitrogen and oxygen atoms in total. The minimum Gasteiger partial charge on any atom is -0.492 e. The van der Waals surface area contributed by atoms with Crippen LogP contribution in [0.2, 0.25) is 0 Å². The van der Waals surface area contributed by atoms with Crippen LogP contribution in [-0.4, -0.2) is 44.2 Å². The van der Waals surface area contributed by atoms with E-state index in [1.807, 2.05) is 18.2 Å². The average Bonchev–Trinajstić information content (AvgIpc) is 3.10. The molecule has 3 rings (SSSR count). The summed E-state index contributed by atoms with van der Waals surface area (Å²) < 4.78 is 10.9. The van der Waals surface area contributed by atoms with Gasteiger partial charge >= 0.3 is 5.63 Å². The molecule has 1 aromatic carbocycles. The highest BCUT2D eigenvalue weighted by Gasteiger charge is 2.10. The standard InChI is InChI=1S/C19H26N2O3/c22-19-15-18(16-7-1-2-8-17(16)24-19)23-14-6-10-20-9-5-13-21-11-3-4-12-21/h1-2,7-8,15,20H,3-6,9-14H2. The summed E-state index contributed by atoms with van der Waals surface area (Å²) in [6.45, 7) is 6.31. The molecule has 1 aliphatic heterocycles. The van der Waals surface area contributed by atoms with E-state index in [1.54, 1.807) is 6.07 Å². The molecular weight excluding hydrogens is 304 g/mol. The smallest absolute Gasteiger partial charge is 0.339 e. The Bertz CT molecular complexity index is 692. The highest BCUT2D eigenvalue weighted by atomic mass is 16.5. The van der Waals surface area contributed by atoms with Crippen molar-refractivity contribution in [3.8, 4) is 5.75 Å². The molecule has 1 aromatic heterocycles. The second-order valence-corrected chi connectivity index (χ2v) is 6.28. The quantitative estimate of drug-likeness (QED) is 0.566. The fourth-order valence-corrected chi connectivity index (χ4v) is 3.14. The van der Waals surface area contributed by atoms with Crippen molar-refractivity contribution in [2.24, 2.45) is 0 Å². The maximum Gasteiger partial charge on any atom is 0.339 e. The van der Waals surface area contributed by atoms with Gasteiger partial charge in [-0.1, -0.05) is 12.1 Å². The van der Waals surface area contributed by atoms with Crippen LogP contribution >= 0.6 is 0 Å². The third-order valence-corrected chi connectivity index (χ3v) is 4.39. The van der Waals surface area contributed by atoms with Gasteiger partial charge in [0.15, 0.2) is 0 Å². The van der Waals surface area contributed by atoms with Crippen LogP contribution in [0, 0.1) is 0 Å². The summed E-state index contributed by atoms with van der Waals surface area (Å²) >= 11 is 0. The molecule has 0 spiro atoms. The maximum atomic E-state index is 11.6. The first-order valence-electron chi connectivity index (χ1n) is 8.92. The number of hydrogen-bond donors (Lipinski definition) is 1. The van der Waals surface area contributed by atoms with Crippen LogP contribution < -0.4 is 15.7 Å². The topological polar surface area (TPSA) is 54.7 Å². The van der Waals surface area contributed by atoms with Crippen molar-refractivity contribution >= 4 is 11.0 Å². The van der Waals surface area contributed by atoms with Crippen LogP contribution in [0.4, 0.5) is 0 Å². The number of nitrogens with zero attached hydrogens (tertiary/aromatic N) is 1. The van der Waals surface area contributed by atoms with Crippen LogP contribution in [0.25, 0.3) is 11.0 Å². The van der Waals surface area contributed by atoms with E-state index < -0.39 is 0 Å². The first-order valence-corrected chi connectivity index (χ1v) is 8.92. The Kier molecular flexibility index (Phi) is 6.26. The lowest BCUT2D eigenvalue weighted by atomic mass is 10.2. The van der Waals surface area contributed by atoms with E-state index in [0.29, 0.717) is 17.9 Å². The Balaban J connectivity index is 1.34. The zero-order valence-corrected chi connectivity index (χ0v) is 14.1. The minimum atomic E-state index is -0.372. The number of fused-ring (bicyclic) bond motifs is 1. The van der Waals surface area contributed by atoms with Gasteiger partial charge in [-0.25, -0.2) is 4.79 Å². The van der Waals surface area contributed by atoms with Crippen LogP contribution in [0.5, 0.6) is 5.75 Å². The summed E-state index contributed by atoms with van der Waals surface area (Å²) in [6.07, 6.45) is 4.83. The largest absolute Gasteiger partial charge is 0.492 e. The van der Waals surface area contributed by atoms with Crippen molar-refractivity contribution in [3.05, 3.63) is 40.8 Å². The van der Waals surface area contributed by atoms with Crippen molar-refractivity contribution in [1.82, 2.24) is 10.2 Å². The number of hydrogen-bond acceptors (Lipinski definition) is 5. The first kappa shape index (κ1) is 17.0. The Morgan fingerprint density at radius 2 is 1.92 bits per heavy atom. The molecule has 1 fully saturated rings. The normalized spacial score (nSPS) is 15.2. The molecule has 1 aliphatic rings. The zero-order valence-electron chi connectivity index (χ0n) is 14.1. The highest BCUT2D eigenvalue weighted by Crippen LogP contribution is 2.23. The molecule has 5 heteroatoms. The van der Waals surface area contributed by atoms with E-state index in [1.165, 1.54) is 45.0 Å². The van der Waals surface area contributed by atoms with E-state index >= 15 is 0 Å². The van der Waals surface area contributed by atoms with E-state index in [9.17, 15) is 4.79 Å². The monoisotopic (exact) mass is 330 g/mol. The summed E-state index contributed by atoms with van der Waals surface area (Å²) in [5, 5.41) is 4.30. The average molecular weight is 330 g/mol. The number of nitrogens with one attached hydrogen (secondary N) is 1. The van der Waals surface area contributed by atoms with Crippen molar-refractivity contribution in [2.45, 2.75) is 25.7 Å². The molecule has 2 aromatic rings. The predicted molar refractivity (Wildman–Crippen MR) is 95.8 cm³/mol. The molecule has 0 atom stereocenters. The molecule has 2 heterocycles. The van der Waals surface area contributed by atoms with Gasteiger partial charge in [-0.2, -0.15) is 0 Å². The highest BCUT2D eigenvalue weighted by molar-refractivity contribution is 5.82. The minimum absolute atomic E-state index is 0.372. The first-order chi connectivity index (χ1) is 11.8. The molecule has 0 bridgehead atoms. The summed E-state index contributed by atoms with van der Waals surface area (Å²) in [5.41, 5.74) is 0.198. The maximum absolute atomic E-state index is 11.6. The molecule has 0 aliphatic carbocycles. The Labute approximate surface area is 142 Å². The molecule has 24 heavy (non-hydrogen) atoms. The van der Waals surface area contributed by atoms with E-state index in [0.717, 1.165) is 24.9 Å². The van der Waals surface area contributed by atoms with Gasteiger partial charge in [0.1, 0.15) is 11.3 Å². The van der Waals surface area contributed by atoms with Gasteiger partial charge in [0.05, 0.1) is 18.1 Å². The SMILES string of the molecule is O=c1cc(OCCCNCCCN2CCCC2)c2ccccc2o1. The van der Waals surface area contributed by atoms with Gasteiger partial charge in [0.2, 0.25) is 0 Å². The van der Waals surface area contributed by atoms with Gasteiger partial charge in [-0.3, -0.25) is 0 Å². The lowest BCUT2D eigenvalue weighted by Crippen LogP contribution is -2.25. The lowest BCUT2D eigenvalue weighted by Gasteiger charge is -2.14. The molecule has 130 valence electrons. The van der Waals surface area contributed by atoms with Gasteiger partial charge in [-0.15, -0.1) is 0 Å². The van der Waals surface area contributed by atoms with Gasteiger partial charge in [-0.05, 0) is 70.5 Å². The van der Waals surface area contributed by atoms with Gasteiger partial charge in [0, 0.05) is 0 Å². The van der Waals surface area contributed by atoms with Crippen LogP contribution in [-0.2, 0) is 0 Å². The molecule has 1 saturated heterocycles. The van der Waals surface area contributed by atoms with Gasteiger partial charge in [0.25, 0.3) is 0 Å². The van der Waals surface area contributed by atoms with E-state index in [-0.39, 0.29) is 5.63 Å². The van der Waals surface area contributed by atoms with Gasteiger partial charge < -0.3 is 19.4 Å². The Morgan fingerprint density at radius 1 is 1.12 bits per heavy atom. The van der Waals surface area contributed by atoms with E-state index in [2.05, 4.69) is 10.2 Å². The Morgan fingerprint density at radius 3 is 2.79 bits per heavy atom. The molecular formula is C19H26N2O3. The third-order valence-electron chi connectivity index (χ3n) is 4.39. The number of ether oxygens (including phenoxy) is 1. The van der Waals surface area contributed by atoms with Crippen LogP contribution in [0.15, 0.2) is 39.5 Å². The summed E-state index contributed by atoms with van der Waals surface area (Å²) in [7, 11) is 0. The van der Waals surface area contributed by atoms with Crippen LogP contribution in [0.3, 0.4) is 0 Å². The lowest BCUT2D eigenvalue weighted by molar-refractivity contribution is 0.305.